The third-order valence-corrected chi connectivity index (χ3v) is 7.58. The Morgan fingerprint density at radius 2 is 1.49 bits per heavy atom. The fraction of sp³-hybridized carbons (Fsp3) is 0.286. The molecule has 0 bridgehead atoms. The van der Waals surface area contributed by atoms with E-state index in [0.717, 1.165) is 9.87 Å². The van der Waals surface area contributed by atoms with Gasteiger partial charge in [-0.05, 0) is 69.7 Å². The number of para-hydroxylation sites is 1. The first-order chi connectivity index (χ1) is 17.5. The summed E-state index contributed by atoms with van der Waals surface area (Å²) in [6.45, 7) is 6.52. The van der Waals surface area contributed by atoms with E-state index in [2.05, 4.69) is 5.32 Å². The third-order valence-electron chi connectivity index (χ3n) is 5.80. The zero-order valence-electron chi connectivity index (χ0n) is 21.4. The maximum atomic E-state index is 13.7. The Morgan fingerprint density at radius 1 is 0.892 bits per heavy atom. The number of carbonyl (C=O) groups excluding carboxylic acids is 2. The smallest absolute Gasteiger partial charge is 0.264 e. The van der Waals surface area contributed by atoms with Crippen LogP contribution >= 0.6 is 0 Å². The van der Waals surface area contributed by atoms with E-state index >= 15 is 0 Å². The van der Waals surface area contributed by atoms with E-state index in [-0.39, 0.29) is 23.4 Å². The van der Waals surface area contributed by atoms with Gasteiger partial charge in [-0.15, -0.1) is 0 Å². The Morgan fingerprint density at radius 3 is 2.05 bits per heavy atom. The Labute approximate surface area is 218 Å². The van der Waals surface area contributed by atoms with E-state index < -0.39 is 34.3 Å². The van der Waals surface area contributed by atoms with Gasteiger partial charge in [0.2, 0.25) is 11.8 Å². The fourth-order valence-corrected chi connectivity index (χ4v) is 5.15. The molecule has 0 fully saturated rings. The minimum absolute atomic E-state index is 0.000988. The number of anilines is 1. The molecule has 3 rings (SSSR count). The number of carbonyl (C=O) groups is 2. The largest absolute Gasteiger partial charge is 0.352 e. The average molecular weight is 526 g/mol. The number of hydrogen-bond donors (Lipinski definition) is 1. The molecule has 0 saturated carbocycles. The number of halogens is 1. The van der Waals surface area contributed by atoms with Crippen molar-refractivity contribution >= 4 is 27.5 Å². The summed E-state index contributed by atoms with van der Waals surface area (Å²) >= 11 is 0. The quantitative estimate of drug-likeness (QED) is 0.428. The summed E-state index contributed by atoms with van der Waals surface area (Å²) in [5, 5.41) is 2.79. The van der Waals surface area contributed by atoms with Crippen LogP contribution in [0.15, 0.2) is 83.8 Å². The number of rotatable bonds is 10. The molecule has 0 aromatic heterocycles. The minimum Gasteiger partial charge on any atom is -0.352 e. The normalized spacial score (nSPS) is 12.2. The molecular weight excluding hydrogens is 493 g/mol. The molecule has 0 aliphatic heterocycles. The summed E-state index contributed by atoms with van der Waals surface area (Å²) in [5.74, 6) is -1.37. The molecule has 1 atom stereocenters. The monoisotopic (exact) mass is 525 g/mol. The summed E-state index contributed by atoms with van der Waals surface area (Å²) in [6, 6.07) is 19.3. The van der Waals surface area contributed by atoms with Crippen LogP contribution in [0, 0.1) is 12.7 Å². The molecule has 3 aromatic rings. The standard InChI is InChI=1S/C28H32FN3O4S/c1-20(2)30-28(34)22(4)31(18-23-12-14-24(29)15-13-23)27(33)19-32(25-8-6-5-7-9-25)37(35,36)26-16-10-21(3)11-17-26/h5-17,20,22H,18-19H2,1-4H3,(H,30,34). The van der Waals surface area contributed by atoms with Crippen LogP contribution in [0.25, 0.3) is 0 Å². The second-order valence-corrected chi connectivity index (χ2v) is 11.0. The molecule has 0 radical (unpaired) electrons. The number of aryl methyl sites for hydroxylation is 1. The van der Waals surface area contributed by atoms with Gasteiger partial charge in [-0.3, -0.25) is 13.9 Å². The van der Waals surface area contributed by atoms with Crippen molar-refractivity contribution in [1.82, 2.24) is 10.2 Å². The summed E-state index contributed by atoms with van der Waals surface area (Å²) in [7, 11) is -4.11. The van der Waals surface area contributed by atoms with Gasteiger partial charge in [0.25, 0.3) is 10.0 Å². The Kier molecular flexibility index (Phi) is 9.04. The minimum atomic E-state index is -4.11. The van der Waals surface area contributed by atoms with Gasteiger partial charge >= 0.3 is 0 Å². The van der Waals surface area contributed by atoms with E-state index in [1.54, 1.807) is 49.4 Å². The van der Waals surface area contributed by atoms with E-state index in [4.69, 9.17) is 0 Å². The first-order valence-corrected chi connectivity index (χ1v) is 13.4. The lowest BCUT2D eigenvalue weighted by atomic mass is 10.1. The first-order valence-electron chi connectivity index (χ1n) is 12.0. The Balaban J connectivity index is 1.99. The molecule has 2 amide bonds. The van der Waals surface area contributed by atoms with E-state index in [9.17, 15) is 22.4 Å². The van der Waals surface area contributed by atoms with Crippen LogP contribution in [0.2, 0.25) is 0 Å². The summed E-state index contributed by atoms with van der Waals surface area (Å²) < 4.78 is 41.9. The highest BCUT2D eigenvalue weighted by atomic mass is 32.2. The Bertz CT molecular complexity index is 1310. The van der Waals surface area contributed by atoms with Crippen molar-refractivity contribution in [2.45, 2.75) is 51.2 Å². The molecule has 0 aliphatic rings. The van der Waals surface area contributed by atoms with Gasteiger partial charge in [-0.1, -0.05) is 48.0 Å². The third kappa shape index (κ3) is 7.16. The summed E-state index contributed by atoms with van der Waals surface area (Å²) in [4.78, 5) is 27.9. The van der Waals surface area contributed by atoms with Crippen LogP contribution in [0.5, 0.6) is 0 Å². The van der Waals surface area contributed by atoms with Gasteiger partial charge in [-0.25, -0.2) is 12.8 Å². The second kappa shape index (κ2) is 12.0. The van der Waals surface area contributed by atoms with Crippen LogP contribution < -0.4 is 9.62 Å². The van der Waals surface area contributed by atoms with Gasteiger partial charge in [-0.2, -0.15) is 0 Å². The van der Waals surface area contributed by atoms with Crippen molar-refractivity contribution in [3.05, 3.63) is 95.8 Å². The molecule has 7 nitrogen and oxygen atoms in total. The number of amides is 2. The Hall–Kier alpha value is -3.72. The average Bonchev–Trinajstić information content (AvgIpc) is 2.86. The summed E-state index contributed by atoms with van der Waals surface area (Å²) in [6.07, 6.45) is 0. The maximum Gasteiger partial charge on any atom is 0.264 e. The number of nitrogens with zero attached hydrogens (tertiary/aromatic N) is 2. The molecule has 0 saturated heterocycles. The molecular formula is C28H32FN3O4S. The van der Waals surface area contributed by atoms with Gasteiger partial charge in [0.15, 0.2) is 0 Å². The van der Waals surface area contributed by atoms with Gasteiger partial charge in [0.1, 0.15) is 18.4 Å². The zero-order valence-corrected chi connectivity index (χ0v) is 22.2. The lowest BCUT2D eigenvalue weighted by molar-refractivity contribution is -0.139. The topological polar surface area (TPSA) is 86.8 Å². The number of hydrogen-bond acceptors (Lipinski definition) is 4. The second-order valence-electron chi connectivity index (χ2n) is 9.15. The lowest BCUT2D eigenvalue weighted by Gasteiger charge is -2.32. The molecule has 196 valence electrons. The van der Waals surface area contributed by atoms with Gasteiger partial charge in [0, 0.05) is 12.6 Å². The van der Waals surface area contributed by atoms with Crippen LogP contribution in [-0.4, -0.2) is 43.8 Å². The highest BCUT2D eigenvalue weighted by Gasteiger charge is 2.32. The number of sulfonamides is 1. The first kappa shape index (κ1) is 27.9. The highest BCUT2D eigenvalue weighted by molar-refractivity contribution is 7.92. The van der Waals surface area contributed by atoms with Crippen LogP contribution in [0.1, 0.15) is 31.9 Å². The van der Waals surface area contributed by atoms with Crippen molar-refractivity contribution < 1.29 is 22.4 Å². The maximum absolute atomic E-state index is 13.7. The highest BCUT2D eigenvalue weighted by Crippen LogP contribution is 2.24. The molecule has 37 heavy (non-hydrogen) atoms. The molecule has 9 heteroatoms. The van der Waals surface area contributed by atoms with Gasteiger partial charge in [0.05, 0.1) is 10.6 Å². The predicted molar refractivity (Wildman–Crippen MR) is 142 cm³/mol. The number of benzene rings is 3. The lowest BCUT2D eigenvalue weighted by Crippen LogP contribution is -2.52. The van der Waals surface area contributed by atoms with Gasteiger partial charge < -0.3 is 10.2 Å². The zero-order chi connectivity index (χ0) is 27.2. The van der Waals surface area contributed by atoms with Crippen molar-refractivity contribution in [3.8, 4) is 0 Å². The molecule has 3 aromatic carbocycles. The van der Waals surface area contributed by atoms with Crippen molar-refractivity contribution in [1.29, 1.82) is 0 Å². The van der Waals surface area contributed by atoms with E-state index in [1.807, 2.05) is 20.8 Å². The van der Waals surface area contributed by atoms with Crippen LogP contribution in [0.4, 0.5) is 10.1 Å². The van der Waals surface area contributed by atoms with Crippen molar-refractivity contribution in [3.63, 3.8) is 0 Å². The van der Waals surface area contributed by atoms with Crippen molar-refractivity contribution in [2.24, 2.45) is 0 Å². The molecule has 1 N–H and O–H groups in total. The molecule has 1 unspecified atom stereocenters. The molecule has 0 spiro atoms. The fourth-order valence-electron chi connectivity index (χ4n) is 3.73. The molecule has 0 aliphatic carbocycles. The van der Waals surface area contributed by atoms with E-state index in [1.165, 1.54) is 41.3 Å². The van der Waals surface area contributed by atoms with Crippen LogP contribution in [-0.2, 0) is 26.2 Å². The number of nitrogens with one attached hydrogen (secondary N) is 1. The van der Waals surface area contributed by atoms with E-state index in [0.29, 0.717) is 11.3 Å². The van der Waals surface area contributed by atoms with Crippen molar-refractivity contribution in [2.75, 3.05) is 10.8 Å². The SMILES string of the molecule is Cc1ccc(S(=O)(=O)N(CC(=O)N(Cc2ccc(F)cc2)C(C)C(=O)NC(C)C)c2ccccc2)cc1. The molecule has 0 heterocycles. The predicted octanol–water partition coefficient (Wildman–Crippen LogP) is 4.27. The van der Waals surface area contributed by atoms with Crippen LogP contribution in [0.3, 0.4) is 0 Å². The summed E-state index contributed by atoms with van der Waals surface area (Å²) in [5.41, 5.74) is 1.82.